The Hall–Kier alpha value is -5.46. The topological polar surface area (TPSA) is 0 Å². The van der Waals surface area contributed by atoms with Gasteiger partial charge in [-0.25, -0.2) is 0 Å². The van der Waals surface area contributed by atoms with Crippen molar-refractivity contribution in [2.45, 2.75) is 0 Å². The summed E-state index contributed by atoms with van der Waals surface area (Å²) in [5, 5.41) is 5.13. The lowest BCUT2D eigenvalue weighted by Crippen LogP contribution is -1.93. The quantitative estimate of drug-likeness (QED) is 0.213. The summed E-state index contributed by atoms with van der Waals surface area (Å²) in [7, 11) is 0. The molecule has 0 atom stereocenters. The zero-order valence-electron chi connectivity index (χ0n) is 23.0. The Balaban J connectivity index is 1.30. The fourth-order valence-corrected chi connectivity index (χ4v) is 7.21. The van der Waals surface area contributed by atoms with Gasteiger partial charge in [-0.15, -0.1) is 0 Å². The summed E-state index contributed by atoms with van der Waals surface area (Å²) in [4.78, 5) is 0. The van der Waals surface area contributed by atoms with Crippen molar-refractivity contribution >= 4 is 43.8 Å². The highest BCUT2D eigenvalue weighted by Gasteiger charge is 2.37. The van der Waals surface area contributed by atoms with Gasteiger partial charge in [0.1, 0.15) is 0 Å². The maximum atomic E-state index is 2.32. The van der Waals surface area contributed by atoms with E-state index in [9.17, 15) is 0 Å². The maximum Gasteiger partial charge on any atom is -0.000741 e. The number of rotatable bonds is 3. The van der Waals surface area contributed by atoms with Gasteiger partial charge < -0.3 is 0 Å². The summed E-state index contributed by atoms with van der Waals surface area (Å²) < 4.78 is 0. The van der Waals surface area contributed by atoms with Crippen molar-refractivity contribution in [1.29, 1.82) is 0 Å². The highest BCUT2D eigenvalue weighted by Crippen LogP contribution is 2.58. The monoisotopic (exact) mass is 530 g/mol. The lowest BCUT2D eigenvalue weighted by atomic mass is 9.90. The molecule has 0 radical (unpaired) electrons. The molecule has 7 aromatic rings. The van der Waals surface area contributed by atoms with Crippen LogP contribution in [0.4, 0.5) is 0 Å². The van der Waals surface area contributed by atoms with Gasteiger partial charge in [-0.05, 0) is 88.3 Å². The first-order valence-corrected chi connectivity index (χ1v) is 14.6. The van der Waals surface area contributed by atoms with E-state index < -0.39 is 0 Å². The summed E-state index contributed by atoms with van der Waals surface area (Å²) in [6.45, 7) is 0. The van der Waals surface area contributed by atoms with Gasteiger partial charge in [0.15, 0.2) is 0 Å². The molecule has 2 aliphatic carbocycles. The molecule has 9 rings (SSSR count). The molecule has 0 heterocycles. The van der Waals surface area contributed by atoms with E-state index in [2.05, 4.69) is 158 Å². The van der Waals surface area contributed by atoms with Gasteiger partial charge in [-0.1, -0.05) is 158 Å². The Kier molecular flexibility index (Phi) is 5.00. The van der Waals surface area contributed by atoms with Gasteiger partial charge in [0.2, 0.25) is 0 Å². The molecule has 0 aromatic heterocycles. The van der Waals surface area contributed by atoms with E-state index in [1.807, 2.05) is 0 Å². The molecule has 0 spiro atoms. The summed E-state index contributed by atoms with van der Waals surface area (Å²) >= 11 is 0. The van der Waals surface area contributed by atoms with Gasteiger partial charge in [0.05, 0.1) is 0 Å². The molecule has 0 heteroatoms. The van der Waals surface area contributed by atoms with Gasteiger partial charge in [-0.2, -0.15) is 0 Å². The smallest absolute Gasteiger partial charge is 0.000741 e. The van der Waals surface area contributed by atoms with Gasteiger partial charge >= 0.3 is 0 Å². The first kappa shape index (κ1) is 23.3. The molecule has 0 amide bonds. The molecule has 7 aromatic carbocycles. The molecular formula is C42H26. The van der Waals surface area contributed by atoms with Crippen molar-refractivity contribution < 1.29 is 0 Å². The summed E-state index contributed by atoms with van der Waals surface area (Å²) in [6, 6.07) is 57.8. The molecule has 0 nitrogen and oxygen atoms in total. The minimum Gasteiger partial charge on any atom is -0.0616 e. The Morgan fingerprint density at radius 1 is 0.214 bits per heavy atom. The largest absolute Gasteiger partial charge is 0.0616 e. The van der Waals surface area contributed by atoms with Crippen LogP contribution in [0.1, 0.15) is 33.4 Å². The second-order valence-electron chi connectivity index (χ2n) is 11.2. The van der Waals surface area contributed by atoms with Crippen molar-refractivity contribution in [3.63, 3.8) is 0 Å². The first-order chi connectivity index (χ1) is 20.9. The van der Waals surface area contributed by atoms with Crippen molar-refractivity contribution in [3.8, 4) is 11.1 Å². The SMILES string of the molecule is c1ccc2c(c1)C1=C(c3cccc4ccccc34)c3ccccc3C1=C2c1ccc(-c2cccc3ccccc23)cc1. The molecular weight excluding hydrogens is 504 g/mol. The zero-order valence-corrected chi connectivity index (χ0v) is 23.0. The fraction of sp³-hybridized carbons (Fsp3) is 0. The number of hydrogen-bond acceptors (Lipinski definition) is 0. The average Bonchev–Trinajstić information content (AvgIpc) is 3.57. The predicted molar refractivity (Wildman–Crippen MR) is 178 cm³/mol. The van der Waals surface area contributed by atoms with Crippen molar-refractivity contribution in [2.24, 2.45) is 0 Å². The molecule has 0 saturated heterocycles. The standard InChI is InChI=1S/C42H26/c1-3-15-31-27(11-1)13-9-21-32(31)29-23-25-30(26-24-29)39-35-17-5-7-19-37(35)42-40(36-18-6-8-20-38(36)41(39)42)34-22-10-14-28-12-2-4-16-33(28)34/h1-26H. The summed E-state index contributed by atoms with van der Waals surface area (Å²) in [6.07, 6.45) is 0. The molecule has 0 aliphatic heterocycles. The van der Waals surface area contributed by atoms with E-state index >= 15 is 0 Å². The minimum absolute atomic E-state index is 1.24. The third kappa shape index (κ3) is 3.30. The third-order valence-electron chi connectivity index (χ3n) is 9.01. The van der Waals surface area contributed by atoms with E-state index in [1.165, 1.54) is 88.3 Å². The number of allylic oxidation sites excluding steroid dienone is 2. The van der Waals surface area contributed by atoms with Crippen molar-refractivity contribution in [3.05, 3.63) is 191 Å². The normalized spacial score (nSPS) is 13.5. The van der Waals surface area contributed by atoms with Crippen LogP contribution in [-0.2, 0) is 0 Å². The average molecular weight is 531 g/mol. The van der Waals surface area contributed by atoms with E-state index in [0.29, 0.717) is 0 Å². The van der Waals surface area contributed by atoms with Crippen LogP contribution in [-0.4, -0.2) is 0 Å². The van der Waals surface area contributed by atoms with Gasteiger partial charge in [-0.3, -0.25) is 0 Å². The van der Waals surface area contributed by atoms with Crippen LogP contribution in [0.2, 0.25) is 0 Å². The molecule has 0 fully saturated rings. The van der Waals surface area contributed by atoms with E-state index in [1.54, 1.807) is 0 Å². The lowest BCUT2D eigenvalue weighted by molar-refractivity contribution is 1.53. The maximum absolute atomic E-state index is 2.32. The number of hydrogen-bond donors (Lipinski definition) is 0. The Morgan fingerprint density at radius 3 is 1.21 bits per heavy atom. The van der Waals surface area contributed by atoms with Crippen LogP contribution in [0.5, 0.6) is 0 Å². The van der Waals surface area contributed by atoms with Crippen LogP contribution in [0.25, 0.3) is 55.0 Å². The second kappa shape index (κ2) is 9.03. The minimum atomic E-state index is 1.24. The molecule has 0 saturated carbocycles. The fourth-order valence-electron chi connectivity index (χ4n) is 7.21. The summed E-state index contributed by atoms with van der Waals surface area (Å²) in [5.74, 6) is 0. The predicted octanol–water partition coefficient (Wildman–Crippen LogP) is 10.9. The van der Waals surface area contributed by atoms with Gasteiger partial charge in [0.25, 0.3) is 0 Å². The van der Waals surface area contributed by atoms with Crippen LogP contribution in [0.15, 0.2) is 158 Å². The van der Waals surface area contributed by atoms with E-state index in [0.717, 1.165) is 0 Å². The Morgan fingerprint density at radius 2 is 0.595 bits per heavy atom. The second-order valence-corrected chi connectivity index (χ2v) is 11.2. The Labute approximate surface area is 245 Å². The van der Waals surface area contributed by atoms with Crippen LogP contribution in [0.3, 0.4) is 0 Å². The third-order valence-corrected chi connectivity index (χ3v) is 9.01. The molecule has 42 heavy (non-hydrogen) atoms. The van der Waals surface area contributed by atoms with Crippen LogP contribution in [0, 0.1) is 0 Å². The highest BCUT2D eigenvalue weighted by molar-refractivity contribution is 6.36. The number of benzene rings is 7. The molecule has 194 valence electrons. The van der Waals surface area contributed by atoms with E-state index in [4.69, 9.17) is 0 Å². The molecule has 0 unspecified atom stereocenters. The van der Waals surface area contributed by atoms with Gasteiger partial charge in [0, 0.05) is 0 Å². The van der Waals surface area contributed by atoms with Crippen LogP contribution < -0.4 is 0 Å². The lowest BCUT2D eigenvalue weighted by Gasteiger charge is -2.14. The molecule has 0 bridgehead atoms. The number of fused-ring (bicyclic) bond motifs is 7. The Bertz CT molecular complexity index is 2260. The van der Waals surface area contributed by atoms with Crippen molar-refractivity contribution in [2.75, 3.05) is 0 Å². The zero-order chi connectivity index (χ0) is 27.6. The van der Waals surface area contributed by atoms with Crippen molar-refractivity contribution in [1.82, 2.24) is 0 Å². The first-order valence-electron chi connectivity index (χ1n) is 14.6. The molecule has 2 aliphatic rings. The molecule has 0 N–H and O–H groups in total. The van der Waals surface area contributed by atoms with Crippen LogP contribution >= 0.6 is 0 Å². The van der Waals surface area contributed by atoms with E-state index in [-0.39, 0.29) is 0 Å². The highest BCUT2D eigenvalue weighted by atomic mass is 14.4. The summed E-state index contributed by atoms with van der Waals surface area (Å²) in [5.41, 5.74) is 15.7.